The summed E-state index contributed by atoms with van der Waals surface area (Å²) >= 11 is 18.8. The molecule has 0 fully saturated rings. The standard InChI is InChI=1S/C13H5Br2Cl2N3O3/c14-4-2-5(15)10(9(17)8(4)16)20-6(21)1-3-7(11(20)18)13(23)19-12(3)22/h1-2H,18H2,(H,19,22,23). The molecule has 118 valence electrons. The lowest BCUT2D eigenvalue weighted by molar-refractivity contribution is 0.0880. The summed E-state index contributed by atoms with van der Waals surface area (Å²) in [6.07, 6.45) is 0. The number of anilines is 1. The molecule has 3 rings (SSSR count). The quantitative estimate of drug-likeness (QED) is 0.372. The van der Waals surface area contributed by atoms with Gasteiger partial charge in [-0.05, 0) is 37.9 Å². The average molecular weight is 482 g/mol. The van der Waals surface area contributed by atoms with E-state index < -0.39 is 17.4 Å². The molecule has 1 aromatic heterocycles. The minimum absolute atomic E-state index is 0.0615. The number of nitrogens with one attached hydrogen (secondary N) is 1. The van der Waals surface area contributed by atoms with Gasteiger partial charge in [0.05, 0.1) is 26.9 Å². The SMILES string of the molecule is Nc1c2c(cc(=O)n1-c1c(Br)cc(Br)c(Cl)c1Cl)C(=O)NC2=O. The van der Waals surface area contributed by atoms with E-state index >= 15 is 0 Å². The summed E-state index contributed by atoms with van der Waals surface area (Å²) in [4.78, 5) is 35.9. The third-order valence-corrected chi connectivity index (χ3v) is 5.58. The van der Waals surface area contributed by atoms with Crippen LogP contribution in [0.3, 0.4) is 0 Å². The number of pyridine rings is 1. The first-order valence-electron chi connectivity index (χ1n) is 5.98. The summed E-state index contributed by atoms with van der Waals surface area (Å²) in [5, 5.41) is 2.33. The molecule has 1 aliphatic rings. The molecule has 0 aliphatic carbocycles. The van der Waals surface area contributed by atoms with Crippen LogP contribution in [0.1, 0.15) is 20.7 Å². The highest BCUT2D eigenvalue weighted by molar-refractivity contribution is 9.11. The maximum absolute atomic E-state index is 12.4. The molecule has 0 atom stereocenters. The number of amides is 2. The van der Waals surface area contributed by atoms with E-state index in [4.69, 9.17) is 28.9 Å². The summed E-state index contributed by atoms with van der Waals surface area (Å²) in [5.74, 6) is -1.54. The Morgan fingerprint density at radius 2 is 1.65 bits per heavy atom. The predicted molar refractivity (Wildman–Crippen MR) is 93.7 cm³/mol. The fraction of sp³-hybridized carbons (Fsp3) is 0. The van der Waals surface area contributed by atoms with E-state index in [1.54, 1.807) is 6.07 Å². The molecule has 0 bridgehead atoms. The Kier molecular flexibility index (Phi) is 4.04. The maximum Gasteiger partial charge on any atom is 0.262 e. The van der Waals surface area contributed by atoms with Crippen LogP contribution in [0.5, 0.6) is 0 Å². The Morgan fingerprint density at radius 1 is 1.00 bits per heavy atom. The van der Waals surface area contributed by atoms with Crippen LogP contribution in [0.4, 0.5) is 5.82 Å². The maximum atomic E-state index is 12.4. The Labute approximate surface area is 155 Å². The molecule has 6 nitrogen and oxygen atoms in total. The molecular formula is C13H5Br2Cl2N3O3. The van der Waals surface area contributed by atoms with Crippen LogP contribution in [-0.4, -0.2) is 16.4 Å². The number of benzene rings is 1. The highest BCUT2D eigenvalue weighted by Gasteiger charge is 2.32. The lowest BCUT2D eigenvalue weighted by Gasteiger charge is -2.16. The Morgan fingerprint density at radius 3 is 2.30 bits per heavy atom. The van der Waals surface area contributed by atoms with Crippen molar-refractivity contribution in [1.29, 1.82) is 0 Å². The van der Waals surface area contributed by atoms with E-state index in [1.165, 1.54) is 0 Å². The van der Waals surface area contributed by atoms with Gasteiger partial charge in [0.25, 0.3) is 17.4 Å². The molecule has 2 heterocycles. The first-order chi connectivity index (χ1) is 10.7. The summed E-state index contributed by atoms with van der Waals surface area (Å²) in [5.41, 5.74) is 5.38. The third-order valence-electron chi connectivity index (χ3n) is 3.27. The molecule has 3 N–H and O–H groups in total. The molecule has 2 aromatic rings. The molecular weight excluding hydrogens is 477 g/mol. The average Bonchev–Trinajstić information content (AvgIpc) is 2.74. The minimum Gasteiger partial charge on any atom is -0.384 e. The van der Waals surface area contributed by atoms with Gasteiger partial charge in [-0.25, -0.2) is 0 Å². The van der Waals surface area contributed by atoms with E-state index in [0.717, 1.165) is 10.6 Å². The van der Waals surface area contributed by atoms with E-state index in [-0.39, 0.29) is 32.7 Å². The molecule has 2 amide bonds. The number of carbonyl (C=O) groups excluding carboxylic acids is 2. The summed E-state index contributed by atoms with van der Waals surface area (Å²) in [6.45, 7) is 0. The molecule has 0 saturated carbocycles. The van der Waals surface area contributed by atoms with Crippen molar-refractivity contribution in [3.8, 4) is 5.69 Å². The Bertz CT molecular complexity index is 972. The zero-order valence-corrected chi connectivity index (χ0v) is 15.6. The van der Waals surface area contributed by atoms with Crippen molar-refractivity contribution in [2.24, 2.45) is 0 Å². The molecule has 10 heteroatoms. The summed E-state index contributed by atoms with van der Waals surface area (Å²) < 4.78 is 1.97. The summed E-state index contributed by atoms with van der Waals surface area (Å²) in [7, 11) is 0. The number of nitrogens with two attached hydrogens (primary N) is 1. The summed E-state index contributed by atoms with van der Waals surface area (Å²) in [6, 6.07) is 2.62. The molecule has 0 saturated heterocycles. The van der Waals surface area contributed by atoms with Crippen LogP contribution in [0.15, 0.2) is 25.9 Å². The van der Waals surface area contributed by atoms with Gasteiger partial charge in [0.2, 0.25) is 0 Å². The number of nitrogen functional groups attached to an aromatic ring is 1. The van der Waals surface area contributed by atoms with Gasteiger partial charge in [-0.1, -0.05) is 23.2 Å². The van der Waals surface area contributed by atoms with Crippen molar-refractivity contribution < 1.29 is 9.59 Å². The Balaban J connectivity index is 2.43. The van der Waals surface area contributed by atoms with Crippen molar-refractivity contribution in [3.63, 3.8) is 0 Å². The van der Waals surface area contributed by atoms with Gasteiger partial charge in [0.15, 0.2) is 0 Å². The highest BCUT2D eigenvalue weighted by Crippen LogP contribution is 2.40. The number of imide groups is 1. The largest absolute Gasteiger partial charge is 0.384 e. The smallest absolute Gasteiger partial charge is 0.262 e. The van der Waals surface area contributed by atoms with Crippen LogP contribution in [0.2, 0.25) is 10.0 Å². The first-order valence-corrected chi connectivity index (χ1v) is 8.32. The van der Waals surface area contributed by atoms with Crippen molar-refractivity contribution in [1.82, 2.24) is 9.88 Å². The lowest BCUT2D eigenvalue weighted by atomic mass is 10.1. The molecule has 0 spiro atoms. The van der Waals surface area contributed by atoms with Gasteiger partial charge in [-0.3, -0.25) is 24.3 Å². The van der Waals surface area contributed by atoms with Crippen LogP contribution < -0.4 is 16.6 Å². The molecule has 1 aromatic carbocycles. The second kappa shape index (κ2) is 5.62. The number of hydrogen-bond donors (Lipinski definition) is 2. The van der Waals surface area contributed by atoms with Gasteiger partial charge in [-0.2, -0.15) is 0 Å². The Hall–Kier alpha value is -1.35. The molecule has 0 unspecified atom stereocenters. The topological polar surface area (TPSA) is 94.2 Å². The second-order valence-electron chi connectivity index (χ2n) is 4.59. The van der Waals surface area contributed by atoms with Crippen LogP contribution in [0, 0.1) is 0 Å². The van der Waals surface area contributed by atoms with Crippen LogP contribution >= 0.6 is 55.1 Å². The number of carbonyl (C=O) groups is 2. The van der Waals surface area contributed by atoms with E-state index in [1.807, 2.05) is 0 Å². The lowest BCUT2D eigenvalue weighted by Crippen LogP contribution is -2.24. The number of hydrogen-bond acceptors (Lipinski definition) is 4. The number of fused-ring (bicyclic) bond motifs is 1. The number of aromatic nitrogens is 1. The normalized spacial score (nSPS) is 13.2. The van der Waals surface area contributed by atoms with E-state index in [0.29, 0.717) is 8.95 Å². The zero-order chi connectivity index (χ0) is 17.0. The van der Waals surface area contributed by atoms with Gasteiger partial charge < -0.3 is 5.73 Å². The van der Waals surface area contributed by atoms with Gasteiger partial charge in [0, 0.05) is 15.0 Å². The molecule has 1 aliphatic heterocycles. The van der Waals surface area contributed by atoms with Gasteiger partial charge in [-0.15, -0.1) is 0 Å². The van der Waals surface area contributed by atoms with Gasteiger partial charge in [0.1, 0.15) is 5.82 Å². The van der Waals surface area contributed by atoms with Crippen molar-refractivity contribution in [2.75, 3.05) is 5.73 Å². The predicted octanol–water partition coefficient (Wildman–Crippen LogP) is 3.14. The van der Waals surface area contributed by atoms with E-state index in [2.05, 4.69) is 37.2 Å². The van der Waals surface area contributed by atoms with Crippen LogP contribution in [-0.2, 0) is 0 Å². The van der Waals surface area contributed by atoms with Crippen LogP contribution in [0.25, 0.3) is 5.69 Å². The monoisotopic (exact) mass is 479 g/mol. The number of rotatable bonds is 1. The van der Waals surface area contributed by atoms with Crippen molar-refractivity contribution >= 4 is 72.7 Å². The highest BCUT2D eigenvalue weighted by atomic mass is 79.9. The zero-order valence-electron chi connectivity index (χ0n) is 10.9. The van der Waals surface area contributed by atoms with Gasteiger partial charge >= 0.3 is 0 Å². The molecule has 0 radical (unpaired) electrons. The fourth-order valence-corrected chi connectivity index (χ4v) is 4.27. The minimum atomic E-state index is -0.674. The molecule has 23 heavy (non-hydrogen) atoms. The fourth-order valence-electron chi connectivity index (χ4n) is 2.27. The first kappa shape index (κ1) is 16.5. The van der Waals surface area contributed by atoms with E-state index in [9.17, 15) is 14.4 Å². The third kappa shape index (κ3) is 2.40. The second-order valence-corrected chi connectivity index (χ2v) is 7.06. The van der Waals surface area contributed by atoms with Crippen molar-refractivity contribution in [2.45, 2.75) is 0 Å². The number of nitrogens with zero attached hydrogens (tertiary/aromatic N) is 1. The van der Waals surface area contributed by atoms with Crippen molar-refractivity contribution in [3.05, 3.63) is 52.6 Å². The number of halogens is 4.